The molecule has 0 fully saturated rings. The van der Waals surface area contributed by atoms with Crippen LogP contribution in [0.4, 0.5) is 4.39 Å². The number of benzene rings is 1. The monoisotopic (exact) mass is 351 g/mol. The Morgan fingerprint density at radius 1 is 1.32 bits per heavy atom. The van der Waals surface area contributed by atoms with Gasteiger partial charge in [0.05, 0.1) is 0 Å². The smallest absolute Gasteiger partial charge is 0.288 e. The van der Waals surface area contributed by atoms with Crippen LogP contribution in [0.5, 0.6) is 0 Å². The van der Waals surface area contributed by atoms with Crippen molar-refractivity contribution in [2.45, 2.75) is 32.0 Å². The highest BCUT2D eigenvalue weighted by molar-refractivity contribution is 5.91. The largest absolute Gasteiger partial charge is 0.459 e. The van der Waals surface area contributed by atoms with Gasteiger partial charge < -0.3 is 19.5 Å². The average molecular weight is 351 g/mol. The molecule has 0 aliphatic carbocycles. The Bertz CT molecular complexity index is 600. The Balaban J connectivity index is 2.42. The van der Waals surface area contributed by atoms with Gasteiger partial charge in [0.25, 0.3) is 5.91 Å². The Kier molecular flexibility index (Phi) is 6.96. The predicted octanol–water partition coefficient (Wildman–Crippen LogP) is 2.66. The van der Waals surface area contributed by atoms with E-state index in [0.29, 0.717) is 19.4 Å². The summed E-state index contributed by atoms with van der Waals surface area (Å²) in [6, 6.07) is 6.25. The third kappa shape index (κ3) is 4.80. The summed E-state index contributed by atoms with van der Waals surface area (Å²) >= 11 is 0. The van der Waals surface area contributed by atoms with Gasteiger partial charge in [-0.15, -0.1) is 0 Å². The van der Waals surface area contributed by atoms with Crippen LogP contribution in [0.1, 0.15) is 31.2 Å². The summed E-state index contributed by atoms with van der Waals surface area (Å²) in [6.07, 6.45) is 2.46. The number of hydrogen-bond donors (Lipinski definition) is 1. The molecule has 2 rings (SSSR count). The highest BCUT2D eigenvalue weighted by Gasteiger charge is 2.38. The minimum Gasteiger partial charge on any atom is -0.459 e. The van der Waals surface area contributed by atoms with E-state index < -0.39 is 6.29 Å². The second-order valence-electron chi connectivity index (χ2n) is 6.28. The number of hydrogen-bond acceptors (Lipinski definition) is 4. The van der Waals surface area contributed by atoms with Crippen LogP contribution in [0, 0.1) is 11.7 Å². The number of aliphatic hydroxyl groups excluding tert-OH is 1. The Hall–Kier alpha value is -1.92. The zero-order valence-corrected chi connectivity index (χ0v) is 14.9. The Labute approximate surface area is 148 Å². The lowest BCUT2D eigenvalue weighted by Crippen LogP contribution is -2.38. The van der Waals surface area contributed by atoms with Crippen molar-refractivity contribution in [1.82, 2.24) is 4.90 Å². The number of allylic oxidation sites excluding steroid dienone is 1. The van der Waals surface area contributed by atoms with Crippen LogP contribution in [0.25, 0.3) is 0 Å². The van der Waals surface area contributed by atoms with Gasteiger partial charge in [-0.3, -0.25) is 4.79 Å². The van der Waals surface area contributed by atoms with Crippen LogP contribution < -0.4 is 0 Å². The first kappa shape index (κ1) is 19.4. The van der Waals surface area contributed by atoms with Crippen LogP contribution in [-0.2, 0) is 14.3 Å². The van der Waals surface area contributed by atoms with E-state index >= 15 is 0 Å². The van der Waals surface area contributed by atoms with Crippen molar-refractivity contribution in [2.24, 2.45) is 5.92 Å². The maximum Gasteiger partial charge on any atom is 0.288 e. The number of rotatable bonds is 7. The molecule has 0 radical (unpaired) electrons. The number of nitrogens with zero attached hydrogens (tertiary/aromatic N) is 1. The fourth-order valence-electron chi connectivity index (χ4n) is 3.04. The molecule has 1 aromatic carbocycles. The molecule has 1 heterocycles. The first-order chi connectivity index (χ1) is 12.0. The van der Waals surface area contributed by atoms with Gasteiger partial charge in [0, 0.05) is 39.1 Å². The van der Waals surface area contributed by atoms with Gasteiger partial charge in [0.15, 0.2) is 5.76 Å². The van der Waals surface area contributed by atoms with Crippen LogP contribution in [0.3, 0.4) is 0 Å². The zero-order valence-electron chi connectivity index (χ0n) is 14.9. The number of carbonyl (C=O) groups is 1. The molecule has 3 atom stereocenters. The summed E-state index contributed by atoms with van der Waals surface area (Å²) in [5.41, 5.74) is 0.890. The van der Waals surface area contributed by atoms with Crippen molar-refractivity contribution < 1.29 is 23.8 Å². The van der Waals surface area contributed by atoms with Crippen molar-refractivity contribution in [2.75, 3.05) is 27.3 Å². The summed E-state index contributed by atoms with van der Waals surface area (Å²) in [7, 11) is 3.32. The third-order valence-electron chi connectivity index (χ3n) is 4.28. The molecule has 0 bridgehead atoms. The molecule has 1 aliphatic heterocycles. The molecule has 25 heavy (non-hydrogen) atoms. The fraction of sp³-hybridized carbons (Fsp3) is 0.526. The molecule has 0 saturated carbocycles. The van der Waals surface area contributed by atoms with E-state index in [1.807, 2.05) is 6.92 Å². The predicted molar refractivity (Wildman–Crippen MR) is 92.2 cm³/mol. The SMILES string of the molecule is CCO[C@H]1OC(C(=O)N(C)C)=C[C@@H](c2ccc(F)cc2)[C@H]1CCCO. The van der Waals surface area contributed by atoms with E-state index in [0.717, 1.165) is 5.56 Å². The summed E-state index contributed by atoms with van der Waals surface area (Å²) in [5, 5.41) is 9.21. The Morgan fingerprint density at radius 2 is 2.00 bits per heavy atom. The lowest BCUT2D eigenvalue weighted by Gasteiger charge is -2.37. The van der Waals surface area contributed by atoms with Gasteiger partial charge >= 0.3 is 0 Å². The van der Waals surface area contributed by atoms with Gasteiger partial charge in [0.1, 0.15) is 5.82 Å². The number of carbonyl (C=O) groups excluding carboxylic acids is 1. The zero-order chi connectivity index (χ0) is 18.4. The maximum atomic E-state index is 13.3. The van der Waals surface area contributed by atoms with Crippen LogP contribution in [0.15, 0.2) is 36.1 Å². The van der Waals surface area contributed by atoms with Gasteiger partial charge in [-0.05, 0) is 43.5 Å². The van der Waals surface area contributed by atoms with Gasteiger partial charge in [-0.25, -0.2) is 4.39 Å². The van der Waals surface area contributed by atoms with Crippen molar-refractivity contribution in [3.63, 3.8) is 0 Å². The first-order valence-corrected chi connectivity index (χ1v) is 8.56. The normalized spacial score (nSPS) is 22.9. The van der Waals surface area contributed by atoms with E-state index in [-0.39, 0.29) is 35.9 Å². The number of likely N-dealkylation sites (N-methyl/N-ethyl adjacent to an activating group) is 1. The topological polar surface area (TPSA) is 59.0 Å². The number of halogens is 1. The second kappa shape index (κ2) is 8.97. The average Bonchev–Trinajstić information content (AvgIpc) is 2.60. The molecular formula is C19H26FNO4. The standard InChI is InChI=1S/C19H26FNO4/c1-4-24-19-15(6-5-11-22)16(13-7-9-14(20)10-8-13)12-17(25-19)18(23)21(2)3/h7-10,12,15-16,19,22H,4-6,11H2,1-3H3/t15-,16+,19+/m1/s1. The molecule has 0 saturated heterocycles. The van der Waals surface area contributed by atoms with E-state index in [4.69, 9.17) is 9.47 Å². The molecule has 6 heteroatoms. The summed E-state index contributed by atoms with van der Waals surface area (Å²) in [5.74, 6) is -0.541. The third-order valence-corrected chi connectivity index (χ3v) is 4.28. The Morgan fingerprint density at radius 3 is 2.56 bits per heavy atom. The van der Waals surface area contributed by atoms with Gasteiger partial charge in [0.2, 0.25) is 6.29 Å². The molecule has 0 aromatic heterocycles. The summed E-state index contributed by atoms with van der Waals surface area (Å²) in [6.45, 7) is 2.38. The number of ether oxygens (including phenoxy) is 2. The van der Waals surface area contributed by atoms with E-state index in [1.54, 1.807) is 32.3 Å². The van der Waals surface area contributed by atoms with Gasteiger partial charge in [-0.2, -0.15) is 0 Å². The highest BCUT2D eigenvalue weighted by atomic mass is 19.1. The summed E-state index contributed by atoms with van der Waals surface area (Å²) in [4.78, 5) is 13.8. The highest BCUT2D eigenvalue weighted by Crippen LogP contribution is 2.39. The first-order valence-electron chi connectivity index (χ1n) is 8.56. The lowest BCUT2D eigenvalue weighted by atomic mass is 9.80. The molecular weight excluding hydrogens is 325 g/mol. The van der Waals surface area contributed by atoms with Gasteiger partial charge in [-0.1, -0.05) is 12.1 Å². The minimum absolute atomic E-state index is 0.0681. The fourth-order valence-corrected chi connectivity index (χ4v) is 3.04. The summed E-state index contributed by atoms with van der Waals surface area (Å²) < 4.78 is 24.9. The van der Waals surface area contributed by atoms with E-state index in [1.165, 1.54) is 17.0 Å². The quantitative estimate of drug-likeness (QED) is 0.820. The molecule has 5 nitrogen and oxygen atoms in total. The number of aliphatic hydroxyl groups is 1. The minimum atomic E-state index is -0.587. The van der Waals surface area contributed by atoms with Crippen molar-refractivity contribution >= 4 is 5.91 Å². The molecule has 1 N–H and O–H groups in total. The van der Waals surface area contributed by atoms with Crippen LogP contribution in [-0.4, -0.2) is 49.5 Å². The van der Waals surface area contributed by atoms with Crippen LogP contribution >= 0.6 is 0 Å². The van der Waals surface area contributed by atoms with Crippen LogP contribution in [0.2, 0.25) is 0 Å². The van der Waals surface area contributed by atoms with E-state index in [9.17, 15) is 14.3 Å². The molecule has 1 aromatic rings. The molecule has 0 spiro atoms. The van der Waals surface area contributed by atoms with Crippen molar-refractivity contribution in [3.05, 3.63) is 47.5 Å². The molecule has 138 valence electrons. The number of amides is 1. The molecule has 0 unspecified atom stereocenters. The van der Waals surface area contributed by atoms with Crippen molar-refractivity contribution in [1.29, 1.82) is 0 Å². The maximum absolute atomic E-state index is 13.3. The second-order valence-corrected chi connectivity index (χ2v) is 6.28. The van der Waals surface area contributed by atoms with Crippen molar-refractivity contribution in [3.8, 4) is 0 Å². The lowest BCUT2D eigenvalue weighted by molar-refractivity contribution is -0.169. The molecule has 1 aliphatic rings. The van der Waals surface area contributed by atoms with E-state index in [2.05, 4.69) is 0 Å². The molecule has 1 amide bonds.